The molecule has 8 aromatic carbocycles. The number of aromatic nitrogens is 4. The Hall–Kier alpha value is -6.82. The molecule has 0 fully saturated rings. The minimum absolute atomic E-state index is 0.669. The Labute approximate surface area is 307 Å². The van der Waals surface area contributed by atoms with E-state index < -0.39 is 0 Å². The monoisotopic (exact) mass is 692 g/mol. The highest BCUT2D eigenvalue weighted by atomic mass is 32.1. The largest absolute Gasteiger partial charge is 0.309 e. The Morgan fingerprint density at radius 2 is 0.981 bits per heavy atom. The zero-order chi connectivity index (χ0) is 34.6. The van der Waals surface area contributed by atoms with Crippen LogP contribution < -0.4 is 0 Å². The molecule has 4 aromatic heterocycles. The third-order valence-electron chi connectivity index (χ3n) is 10.9. The lowest BCUT2D eigenvalue weighted by Crippen LogP contribution is -2.04. The molecular formula is C48H28N4S. The summed E-state index contributed by atoms with van der Waals surface area (Å²) in [7, 11) is 0. The van der Waals surface area contributed by atoms with Crippen LogP contribution in [0.2, 0.25) is 0 Å². The van der Waals surface area contributed by atoms with Crippen LogP contribution in [0.1, 0.15) is 0 Å². The van der Waals surface area contributed by atoms with Crippen LogP contribution in [0, 0.1) is 0 Å². The molecule has 53 heavy (non-hydrogen) atoms. The minimum atomic E-state index is 0.669. The summed E-state index contributed by atoms with van der Waals surface area (Å²) in [6.45, 7) is 0. The van der Waals surface area contributed by atoms with Crippen molar-refractivity contribution in [2.24, 2.45) is 0 Å². The zero-order valence-electron chi connectivity index (χ0n) is 28.4. The number of fused-ring (bicyclic) bond motifs is 13. The van der Waals surface area contributed by atoms with Gasteiger partial charge in [0.15, 0.2) is 0 Å². The summed E-state index contributed by atoms with van der Waals surface area (Å²) in [5.41, 5.74) is 8.62. The van der Waals surface area contributed by atoms with Crippen LogP contribution in [0.3, 0.4) is 0 Å². The number of hydrogen-bond acceptors (Lipinski definition) is 3. The molecule has 12 rings (SSSR count). The first kappa shape index (κ1) is 28.8. The van der Waals surface area contributed by atoms with Crippen molar-refractivity contribution in [2.75, 3.05) is 0 Å². The Morgan fingerprint density at radius 3 is 1.70 bits per heavy atom. The summed E-state index contributed by atoms with van der Waals surface area (Å²) in [6.07, 6.45) is 0. The molecule has 0 saturated carbocycles. The Morgan fingerprint density at radius 1 is 0.415 bits per heavy atom. The van der Waals surface area contributed by atoms with E-state index in [1.54, 1.807) is 0 Å². The molecule has 4 nitrogen and oxygen atoms in total. The van der Waals surface area contributed by atoms with Crippen molar-refractivity contribution in [1.82, 2.24) is 19.1 Å². The molecule has 0 N–H and O–H groups in total. The standard InChI is InChI=1S/C48H28N4S/c1-6-16-39-38(15-1)45(30-21-25-31(26-22-30)51-40-17-7-2-11-32(40)33-12-3-8-18-41(33)51)50-48(49-39)52-42-19-9-4-13-34(42)36-27-23-29-24-28-37-35-14-5-10-20-43(35)53-47(37)44(29)46(36)52/h1-28H. The van der Waals surface area contributed by atoms with E-state index in [-0.39, 0.29) is 0 Å². The second-order valence-corrected chi connectivity index (χ2v) is 14.8. The van der Waals surface area contributed by atoms with E-state index in [4.69, 9.17) is 9.97 Å². The predicted octanol–water partition coefficient (Wildman–Crippen LogP) is 13.0. The second kappa shape index (κ2) is 10.8. The third kappa shape index (κ3) is 4.05. The first-order valence-corrected chi connectivity index (χ1v) is 18.7. The fraction of sp³-hybridized carbons (Fsp3) is 0. The van der Waals surface area contributed by atoms with Crippen molar-refractivity contribution in [3.8, 4) is 22.9 Å². The van der Waals surface area contributed by atoms with Crippen LogP contribution in [0.4, 0.5) is 0 Å². The van der Waals surface area contributed by atoms with Crippen molar-refractivity contribution in [3.05, 3.63) is 170 Å². The lowest BCUT2D eigenvalue weighted by atomic mass is 10.0. The van der Waals surface area contributed by atoms with Gasteiger partial charge in [-0.2, -0.15) is 0 Å². The summed E-state index contributed by atoms with van der Waals surface area (Å²) in [5.74, 6) is 0.669. The first-order valence-electron chi connectivity index (χ1n) is 17.9. The average Bonchev–Trinajstić information content (AvgIpc) is 3.88. The summed E-state index contributed by atoms with van der Waals surface area (Å²) in [5, 5.41) is 11.0. The Kier molecular flexibility index (Phi) is 5.90. The van der Waals surface area contributed by atoms with Gasteiger partial charge in [-0.25, -0.2) is 9.97 Å². The van der Waals surface area contributed by atoms with E-state index in [0.717, 1.165) is 38.9 Å². The Balaban J connectivity index is 1.13. The molecule has 0 aliphatic heterocycles. The van der Waals surface area contributed by atoms with Crippen LogP contribution in [0.25, 0.3) is 108 Å². The molecule has 0 bridgehead atoms. The lowest BCUT2D eigenvalue weighted by molar-refractivity contribution is 1.02. The fourth-order valence-electron chi connectivity index (χ4n) is 8.60. The quantitative estimate of drug-likeness (QED) is 0.185. The minimum Gasteiger partial charge on any atom is -0.309 e. The van der Waals surface area contributed by atoms with Gasteiger partial charge in [0.2, 0.25) is 5.95 Å². The summed E-state index contributed by atoms with van der Waals surface area (Å²) in [4.78, 5) is 10.8. The van der Waals surface area contributed by atoms with Crippen molar-refractivity contribution in [2.45, 2.75) is 0 Å². The molecule has 0 atom stereocenters. The van der Waals surface area contributed by atoms with E-state index in [1.807, 2.05) is 11.3 Å². The molecule has 0 saturated heterocycles. The van der Waals surface area contributed by atoms with Crippen LogP contribution in [-0.2, 0) is 0 Å². The topological polar surface area (TPSA) is 35.6 Å². The highest BCUT2D eigenvalue weighted by Crippen LogP contribution is 2.44. The molecule has 0 unspecified atom stereocenters. The van der Waals surface area contributed by atoms with E-state index >= 15 is 0 Å². The van der Waals surface area contributed by atoms with E-state index in [1.165, 1.54) is 63.5 Å². The van der Waals surface area contributed by atoms with Gasteiger partial charge in [0.25, 0.3) is 0 Å². The zero-order valence-corrected chi connectivity index (χ0v) is 29.2. The van der Waals surface area contributed by atoms with Gasteiger partial charge in [0.1, 0.15) is 0 Å². The highest BCUT2D eigenvalue weighted by Gasteiger charge is 2.21. The predicted molar refractivity (Wildman–Crippen MR) is 224 cm³/mol. The molecule has 0 aliphatic rings. The maximum atomic E-state index is 5.48. The van der Waals surface area contributed by atoms with Crippen LogP contribution in [0.15, 0.2) is 170 Å². The SMILES string of the molecule is c1ccc2c(-c3ccc(-n4c5ccccc5c5ccccc54)cc3)nc(-n3c4ccccc4c4ccc5ccc6c7ccccc7sc6c5c43)nc2c1. The molecule has 0 amide bonds. The van der Waals surface area contributed by atoms with Gasteiger partial charge in [-0.3, -0.25) is 4.57 Å². The van der Waals surface area contributed by atoms with E-state index in [0.29, 0.717) is 5.95 Å². The van der Waals surface area contributed by atoms with Crippen molar-refractivity contribution in [1.29, 1.82) is 0 Å². The number of nitrogens with zero attached hydrogens (tertiary/aromatic N) is 4. The van der Waals surface area contributed by atoms with Gasteiger partial charge < -0.3 is 4.57 Å². The molecule has 0 aliphatic carbocycles. The van der Waals surface area contributed by atoms with Gasteiger partial charge in [-0.15, -0.1) is 11.3 Å². The van der Waals surface area contributed by atoms with Gasteiger partial charge in [-0.1, -0.05) is 127 Å². The van der Waals surface area contributed by atoms with Crippen molar-refractivity contribution >= 4 is 96.8 Å². The first-order chi connectivity index (χ1) is 26.3. The molecule has 5 heteroatoms. The van der Waals surface area contributed by atoms with Crippen molar-refractivity contribution < 1.29 is 0 Å². The second-order valence-electron chi connectivity index (χ2n) is 13.8. The Bertz CT molecular complexity index is 3400. The molecule has 246 valence electrons. The summed E-state index contributed by atoms with van der Waals surface area (Å²) in [6, 6.07) is 61.0. The van der Waals surface area contributed by atoms with E-state index in [9.17, 15) is 0 Å². The summed E-state index contributed by atoms with van der Waals surface area (Å²) >= 11 is 1.87. The maximum Gasteiger partial charge on any atom is 0.235 e. The smallest absolute Gasteiger partial charge is 0.235 e. The summed E-state index contributed by atoms with van der Waals surface area (Å²) < 4.78 is 7.25. The van der Waals surface area contributed by atoms with Crippen LogP contribution >= 0.6 is 11.3 Å². The molecule has 12 aromatic rings. The molecular weight excluding hydrogens is 665 g/mol. The third-order valence-corrected chi connectivity index (χ3v) is 12.1. The number of rotatable bonds is 3. The molecule has 0 radical (unpaired) electrons. The molecule has 4 heterocycles. The molecule has 0 spiro atoms. The maximum absolute atomic E-state index is 5.48. The van der Waals surface area contributed by atoms with Gasteiger partial charge in [0, 0.05) is 63.7 Å². The van der Waals surface area contributed by atoms with Crippen molar-refractivity contribution in [3.63, 3.8) is 0 Å². The van der Waals surface area contributed by atoms with Crippen LogP contribution in [-0.4, -0.2) is 19.1 Å². The average molecular weight is 693 g/mol. The normalized spacial score (nSPS) is 12.2. The number of hydrogen-bond donors (Lipinski definition) is 0. The number of thiophene rings is 1. The van der Waals surface area contributed by atoms with Gasteiger partial charge >= 0.3 is 0 Å². The number of benzene rings is 8. The fourth-order valence-corrected chi connectivity index (χ4v) is 9.86. The van der Waals surface area contributed by atoms with Gasteiger partial charge in [-0.05, 0) is 47.9 Å². The number of para-hydroxylation sites is 4. The van der Waals surface area contributed by atoms with E-state index in [2.05, 4.69) is 179 Å². The highest BCUT2D eigenvalue weighted by molar-refractivity contribution is 7.26. The lowest BCUT2D eigenvalue weighted by Gasteiger charge is -2.14. The van der Waals surface area contributed by atoms with Crippen LogP contribution in [0.5, 0.6) is 0 Å². The van der Waals surface area contributed by atoms with Gasteiger partial charge in [0.05, 0.1) is 33.3 Å².